The molecule has 0 aromatic heterocycles. The fourth-order valence-corrected chi connectivity index (χ4v) is 2.61. The first-order chi connectivity index (χ1) is 12.2. The summed E-state index contributed by atoms with van der Waals surface area (Å²) >= 11 is 0. The molecule has 0 aliphatic carbocycles. The van der Waals surface area contributed by atoms with Crippen molar-refractivity contribution in [1.82, 2.24) is 0 Å². The fraction of sp³-hybridized carbons (Fsp3) is 0.263. The predicted molar refractivity (Wildman–Crippen MR) is 92.5 cm³/mol. The molecule has 0 N–H and O–H groups in total. The van der Waals surface area contributed by atoms with Crippen LogP contribution in [0.25, 0.3) is 0 Å². The number of hydrogen-bond donors (Lipinski definition) is 0. The number of carbonyl (C=O) groups excluding carboxylic acids is 2. The highest BCUT2D eigenvalue weighted by Gasteiger charge is 2.36. The lowest BCUT2D eigenvalue weighted by atomic mass is 9.96. The number of nitrogens with zero attached hydrogens (tertiary/aromatic N) is 2. The second-order valence-corrected chi connectivity index (χ2v) is 4.99. The van der Waals surface area contributed by atoms with Crippen LogP contribution in [0.15, 0.2) is 58.5 Å². The van der Waals surface area contributed by atoms with Gasteiger partial charge >= 0.3 is 0 Å². The lowest BCUT2D eigenvalue weighted by Gasteiger charge is -2.34. The van der Waals surface area contributed by atoms with Crippen LogP contribution in [0.4, 0.5) is 11.4 Å². The highest BCUT2D eigenvalue weighted by Crippen LogP contribution is 2.38. The lowest BCUT2D eigenvalue weighted by Crippen LogP contribution is -2.34. The highest BCUT2D eigenvalue weighted by molar-refractivity contribution is 5.54. The third-order valence-corrected chi connectivity index (χ3v) is 3.50. The Morgan fingerprint density at radius 1 is 0.840 bits per heavy atom. The molecule has 2 rings (SSSR count). The lowest BCUT2D eigenvalue weighted by molar-refractivity contribution is -0.212. The van der Waals surface area contributed by atoms with E-state index in [2.05, 4.69) is 9.98 Å². The summed E-state index contributed by atoms with van der Waals surface area (Å²) in [5.74, 6) is -1.22. The van der Waals surface area contributed by atoms with Gasteiger partial charge in [0.25, 0.3) is 0 Å². The Morgan fingerprint density at radius 3 is 1.64 bits per heavy atom. The highest BCUT2D eigenvalue weighted by atomic mass is 16.7. The topological polar surface area (TPSA) is 77.3 Å². The average molecular weight is 338 g/mol. The van der Waals surface area contributed by atoms with Gasteiger partial charge in [0.2, 0.25) is 17.9 Å². The SMILES string of the molecule is CCOC(OCC)(c1cccc(N=C=O)c1)c1cccc(N=C=O)c1. The molecule has 2 aromatic carbocycles. The van der Waals surface area contributed by atoms with Crippen LogP contribution >= 0.6 is 0 Å². The van der Waals surface area contributed by atoms with E-state index >= 15 is 0 Å². The van der Waals surface area contributed by atoms with Crippen LogP contribution in [0, 0.1) is 0 Å². The Morgan fingerprint density at radius 2 is 1.28 bits per heavy atom. The van der Waals surface area contributed by atoms with E-state index in [0.29, 0.717) is 35.7 Å². The number of benzene rings is 2. The summed E-state index contributed by atoms with van der Waals surface area (Å²) < 4.78 is 12.0. The molecular weight excluding hydrogens is 320 g/mol. The zero-order chi connectivity index (χ0) is 18.1. The smallest absolute Gasteiger partial charge is 0.240 e. The van der Waals surface area contributed by atoms with Gasteiger partial charge in [-0.05, 0) is 38.1 Å². The molecule has 6 heteroatoms. The summed E-state index contributed by atoms with van der Waals surface area (Å²) in [5.41, 5.74) is 2.22. The Balaban J connectivity index is 2.68. The Kier molecular flexibility index (Phi) is 6.52. The van der Waals surface area contributed by atoms with Crippen LogP contribution in [-0.4, -0.2) is 25.4 Å². The largest absolute Gasteiger partial charge is 0.342 e. The fourth-order valence-electron chi connectivity index (χ4n) is 2.61. The standard InChI is InChI=1S/C19H18N2O4/c1-3-24-19(25-4-2,15-7-5-9-17(11-15)20-13-22)16-8-6-10-18(12-16)21-14-23/h5-12H,3-4H2,1-2H3. The maximum atomic E-state index is 10.6. The van der Waals surface area contributed by atoms with Gasteiger partial charge < -0.3 is 9.47 Å². The number of ether oxygens (including phenoxy) is 2. The molecule has 0 bridgehead atoms. The first-order valence-corrected chi connectivity index (χ1v) is 7.85. The maximum absolute atomic E-state index is 10.6. The number of isocyanates is 2. The zero-order valence-electron chi connectivity index (χ0n) is 14.1. The van der Waals surface area contributed by atoms with E-state index in [-0.39, 0.29) is 0 Å². The molecule has 0 spiro atoms. The van der Waals surface area contributed by atoms with Gasteiger partial charge in [0.15, 0.2) is 0 Å². The van der Waals surface area contributed by atoms with Crippen LogP contribution < -0.4 is 0 Å². The van der Waals surface area contributed by atoms with Gasteiger partial charge in [-0.1, -0.05) is 24.3 Å². The molecule has 0 atom stereocenters. The van der Waals surface area contributed by atoms with Crippen molar-refractivity contribution in [3.8, 4) is 0 Å². The molecular formula is C19H18N2O4. The minimum Gasteiger partial charge on any atom is -0.342 e. The molecule has 0 amide bonds. The first-order valence-electron chi connectivity index (χ1n) is 7.85. The van der Waals surface area contributed by atoms with Crippen LogP contribution in [0.3, 0.4) is 0 Å². The third-order valence-electron chi connectivity index (χ3n) is 3.50. The summed E-state index contributed by atoms with van der Waals surface area (Å²) in [4.78, 5) is 28.5. The second-order valence-electron chi connectivity index (χ2n) is 4.99. The van der Waals surface area contributed by atoms with E-state index in [4.69, 9.17) is 9.47 Å². The van der Waals surface area contributed by atoms with E-state index in [9.17, 15) is 9.59 Å². The summed E-state index contributed by atoms with van der Waals surface area (Å²) in [6, 6.07) is 13.9. The van der Waals surface area contributed by atoms with Crippen molar-refractivity contribution in [2.24, 2.45) is 9.98 Å². The van der Waals surface area contributed by atoms with Crippen molar-refractivity contribution >= 4 is 23.5 Å². The average Bonchev–Trinajstić information content (AvgIpc) is 2.62. The Bertz CT molecular complexity index is 752. The van der Waals surface area contributed by atoms with Crippen LogP contribution in [0.5, 0.6) is 0 Å². The molecule has 6 nitrogen and oxygen atoms in total. The minimum absolute atomic E-state index is 0.377. The third kappa shape index (κ3) is 4.15. The predicted octanol–water partition coefficient (Wildman–Crippen LogP) is 3.90. The van der Waals surface area contributed by atoms with Gasteiger partial charge in [-0.2, -0.15) is 9.98 Å². The summed E-state index contributed by atoms with van der Waals surface area (Å²) in [5, 5.41) is 0. The van der Waals surface area contributed by atoms with Crippen LogP contribution in [0.1, 0.15) is 25.0 Å². The molecule has 0 saturated heterocycles. The van der Waals surface area contributed by atoms with Gasteiger partial charge in [-0.15, -0.1) is 0 Å². The van der Waals surface area contributed by atoms with E-state index in [0.717, 1.165) is 0 Å². The van der Waals surface area contributed by atoms with E-state index in [1.165, 1.54) is 12.2 Å². The van der Waals surface area contributed by atoms with E-state index < -0.39 is 5.79 Å². The van der Waals surface area contributed by atoms with Gasteiger partial charge in [-0.3, -0.25) is 0 Å². The van der Waals surface area contributed by atoms with Crippen molar-refractivity contribution in [3.63, 3.8) is 0 Å². The van der Waals surface area contributed by atoms with Gasteiger partial charge in [0, 0.05) is 24.3 Å². The minimum atomic E-state index is -1.22. The molecule has 0 aliphatic heterocycles. The quantitative estimate of drug-likeness (QED) is 0.415. The second kappa shape index (κ2) is 8.83. The number of rotatable bonds is 8. The van der Waals surface area contributed by atoms with Gasteiger partial charge in [0.05, 0.1) is 11.4 Å². The zero-order valence-corrected chi connectivity index (χ0v) is 14.1. The molecule has 0 fully saturated rings. The van der Waals surface area contributed by atoms with Gasteiger partial charge in [0.1, 0.15) is 0 Å². The summed E-state index contributed by atoms with van der Waals surface area (Å²) in [7, 11) is 0. The Hall–Kier alpha value is -2.88. The summed E-state index contributed by atoms with van der Waals surface area (Å²) in [6.07, 6.45) is 3.06. The van der Waals surface area contributed by atoms with Crippen LogP contribution in [-0.2, 0) is 24.8 Å². The molecule has 0 saturated carbocycles. The van der Waals surface area contributed by atoms with E-state index in [1.54, 1.807) is 36.4 Å². The van der Waals surface area contributed by atoms with Crippen LogP contribution in [0.2, 0.25) is 0 Å². The monoisotopic (exact) mass is 338 g/mol. The number of aliphatic imine (C=N–C) groups is 2. The molecule has 0 heterocycles. The van der Waals surface area contributed by atoms with Crippen molar-refractivity contribution in [3.05, 3.63) is 59.7 Å². The van der Waals surface area contributed by atoms with Crippen molar-refractivity contribution in [2.75, 3.05) is 13.2 Å². The van der Waals surface area contributed by atoms with Crippen molar-refractivity contribution < 1.29 is 19.1 Å². The molecule has 0 aliphatic rings. The number of hydrogen-bond acceptors (Lipinski definition) is 6. The normalized spacial score (nSPS) is 10.6. The Labute approximate surface area is 145 Å². The van der Waals surface area contributed by atoms with Gasteiger partial charge in [-0.25, -0.2) is 9.59 Å². The van der Waals surface area contributed by atoms with Crippen molar-refractivity contribution in [2.45, 2.75) is 19.6 Å². The maximum Gasteiger partial charge on any atom is 0.240 e. The first kappa shape index (κ1) is 18.5. The molecule has 25 heavy (non-hydrogen) atoms. The van der Waals surface area contributed by atoms with E-state index in [1.807, 2.05) is 26.0 Å². The van der Waals surface area contributed by atoms with Crippen molar-refractivity contribution in [1.29, 1.82) is 0 Å². The molecule has 2 aromatic rings. The molecule has 128 valence electrons. The molecule has 0 radical (unpaired) electrons. The summed E-state index contributed by atoms with van der Waals surface area (Å²) in [6.45, 7) is 4.47. The molecule has 0 unspecified atom stereocenters.